The fourth-order valence-corrected chi connectivity index (χ4v) is 2.04. The number of nitrogen functional groups attached to an aromatic ring is 1. The van der Waals surface area contributed by atoms with Crippen LogP contribution < -0.4 is 10.5 Å². The van der Waals surface area contributed by atoms with Crippen molar-refractivity contribution in [3.8, 4) is 5.75 Å². The van der Waals surface area contributed by atoms with E-state index < -0.39 is 10.8 Å². The van der Waals surface area contributed by atoms with Crippen molar-refractivity contribution in [3.63, 3.8) is 0 Å². The monoisotopic (exact) mass is 215 g/mol. The van der Waals surface area contributed by atoms with E-state index in [1.165, 1.54) is 7.11 Å². The number of anilines is 1. The molecule has 78 valence electrons. The van der Waals surface area contributed by atoms with Crippen LogP contribution in [-0.4, -0.2) is 28.8 Å². The summed E-state index contributed by atoms with van der Waals surface area (Å²) in [6, 6.07) is 4.93. The molecule has 1 rings (SSSR count). The first-order valence-electron chi connectivity index (χ1n) is 4.11. The van der Waals surface area contributed by atoms with Crippen LogP contribution in [0, 0.1) is 0 Å². The van der Waals surface area contributed by atoms with Gasteiger partial charge in [-0.1, -0.05) is 0 Å². The number of benzene rings is 1. The first-order valence-corrected chi connectivity index (χ1v) is 5.43. The van der Waals surface area contributed by atoms with Crippen molar-refractivity contribution in [2.75, 3.05) is 25.2 Å². The third-order valence-corrected chi connectivity index (χ3v) is 3.09. The zero-order valence-electron chi connectivity index (χ0n) is 7.90. The van der Waals surface area contributed by atoms with Gasteiger partial charge < -0.3 is 15.6 Å². The molecule has 0 aliphatic rings. The number of aliphatic hydroxyl groups excluding tert-OH is 1. The Kier molecular flexibility index (Phi) is 3.91. The van der Waals surface area contributed by atoms with Gasteiger partial charge in [0.15, 0.2) is 0 Å². The molecule has 0 fully saturated rings. The molecular formula is C9H13NO3S. The number of methoxy groups -OCH3 is 1. The van der Waals surface area contributed by atoms with Crippen LogP contribution in [0.2, 0.25) is 0 Å². The molecule has 0 saturated carbocycles. The van der Waals surface area contributed by atoms with Crippen molar-refractivity contribution < 1.29 is 14.1 Å². The van der Waals surface area contributed by atoms with Crippen molar-refractivity contribution >= 4 is 16.5 Å². The Balaban J connectivity index is 3.01. The van der Waals surface area contributed by atoms with Crippen LogP contribution in [0.5, 0.6) is 5.75 Å². The molecule has 1 aromatic rings. The van der Waals surface area contributed by atoms with Gasteiger partial charge in [0.25, 0.3) is 0 Å². The van der Waals surface area contributed by atoms with E-state index in [-0.39, 0.29) is 12.4 Å². The van der Waals surface area contributed by atoms with Gasteiger partial charge in [0.05, 0.1) is 35.2 Å². The van der Waals surface area contributed by atoms with Gasteiger partial charge >= 0.3 is 0 Å². The topological polar surface area (TPSA) is 72.5 Å². The Morgan fingerprint density at radius 2 is 2.29 bits per heavy atom. The van der Waals surface area contributed by atoms with Crippen LogP contribution in [0.3, 0.4) is 0 Å². The lowest BCUT2D eigenvalue weighted by atomic mass is 10.3. The number of hydrogen-bond acceptors (Lipinski definition) is 4. The van der Waals surface area contributed by atoms with E-state index in [1.807, 2.05) is 0 Å². The van der Waals surface area contributed by atoms with E-state index >= 15 is 0 Å². The number of aliphatic hydroxyl groups is 1. The van der Waals surface area contributed by atoms with E-state index in [4.69, 9.17) is 15.6 Å². The zero-order valence-corrected chi connectivity index (χ0v) is 8.71. The molecule has 1 atom stereocenters. The molecule has 0 saturated heterocycles. The standard InChI is InChI=1S/C9H13NO3S/c1-13-8-6-7(10)2-3-9(8)14(12)5-4-11/h2-3,6,11H,4-5,10H2,1H3. The van der Waals surface area contributed by atoms with Crippen LogP contribution in [0.25, 0.3) is 0 Å². The molecule has 1 aromatic carbocycles. The van der Waals surface area contributed by atoms with E-state index in [2.05, 4.69) is 0 Å². The summed E-state index contributed by atoms with van der Waals surface area (Å²) in [6.07, 6.45) is 0. The maximum absolute atomic E-state index is 11.6. The van der Waals surface area contributed by atoms with Gasteiger partial charge in [0, 0.05) is 11.8 Å². The summed E-state index contributed by atoms with van der Waals surface area (Å²) in [5, 5.41) is 8.66. The fourth-order valence-electron chi connectivity index (χ4n) is 1.07. The molecule has 14 heavy (non-hydrogen) atoms. The van der Waals surface area contributed by atoms with E-state index in [1.54, 1.807) is 18.2 Å². The Morgan fingerprint density at radius 1 is 1.57 bits per heavy atom. The van der Waals surface area contributed by atoms with Crippen molar-refractivity contribution in [3.05, 3.63) is 18.2 Å². The minimum atomic E-state index is -1.23. The van der Waals surface area contributed by atoms with Crippen molar-refractivity contribution in [2.24, 2.45) is 0 Å². The summed E-state index contributed by atoms with van der Waals surface area (Å²) in [7, 11) is 0.261. The molecule has 0 radical (unpaired) electrons. The molecule has 5 heteroatoms. The average molecular weight is 215 g/mol. The second-order valence-corrected chi connectivity index (χ2v) is 4.22. The lowest BCUT2D eigenvalue weighted by Gasteiger charge is -2.07. The normalized spacial score (nSPS) is 12.4. The lowest BCUT2D eigenvalue weighted by molar-refractivity contribution is 0.321. The molecule has 0 amide bonds. The van der Waals surface area contributed by atoms with Crippen LogP contribution >= 0.6 is 0 Å². The minimum absolute atomic E-state index is 0.111. The summed E-state index contributed by atoms with van der Waals surface area (Å²) in [4.78, 5) is 0.566. The number of rotatable bonds is 4. The summed E-state index contributed by atoms with van der Waals surface area (Å²) in [5.41, 5.74) is 6.11. The fraction of sp³-hybridized carbons (Fsp3) is 0.333. The second kappa shape index (κ2) is 4.97. The Morgan fingerprint density at radius 3 is 2.86 bits per heavy atom. The van der Waals surface area contributed by atoms with Gasteiger partial charge in [-0.05, 0) is 12.1 Å². The SMILES string of the molecule is COc1cc(N)ccc1S(=O)CCO. The summed E-state index contributed by atoms with van der Waals surface area (Å²) >= 11 is 0. The van der Waals surface area contributed by atoms with Crippen molar-refractivity contribution in [2.45, 2.75) is 4.90 Å². The molecule has 0 spiro atoms. The molecule has 4 nitrogen and oxygen atoms in total. The summed E-state index contributed by atoms with van der Waals surface area (Å²) < 4.78 is 16.6. The predicted octanol–water partition coefficient (Wildman–Crippen LogP) is 0.377. The molecule has 0 aliphatic heterocycles. The Hall–Kier alpha value is -1.07. The Bertz CT molecular complexity index is 341. The van der Waals surface area contributed by atoms with Gasteiger partial charge in [-0.2, -0.15) is 0 Å². The maximum atomic E-state index is 11.6. The van der Waals surface area contributed by atoms with E-state index in [0.717, 1.165) is 0 Å². The highest BCUT2D eigenvalue weighted by Gasteiger charge is 2.09. The first kappa shape index (κ1) is 11.0. The van der Waals surface area contributed by atoms with Crippen LogP contribution in [0.4, 0.5) is 5.69 Å². The minimum Gasteiger partial charge on any atom is -0.495 e. The zero-order chi connectivity index (χ0) is 10.6. The van der Waals surface area contributed by atoms with Crippen molar-refractivity contribution in [1.29, 1.82) is 0 Å². The second-order valence-electron chi connectivity index (χ2n) is 2.68. The first-order chi connectivity index (χ1) is 6.69. The number of ether oxygens (including phenoxy) is 1. The van der Waals surface area contributed by atoms with E-state index in [9.17, 15) is 4.21 Å². The quantitative estimate of drug-likeness (QED) is 0.712. The number of hydrogen-bond donors (Lipinski definition) is 2. The molecule has 0 aliphatic carbocycles. The highest BCUT2D eigenvalue weighted by molar-refractivity contribution is 7.85. The van der Waals surface area contributed by atoms with Crippen molar-refractivity contribution in [1.82, 2.24) is 0 Å². The number of nitrogens with two attached hydrogens (primary N) is 1. The van der Waals surface area contributed by atoms with Crippen LogP contribution in [0.15, 0.2) is 23.1 Å². The maximum Gasteiger partial charge on any atom is 0.137 e. The van der Waals surface area contributed by atoms with Gasteiger partial charge in [-0.25, -0.2) is 0 Å². The highest BCUT2D eigenvalue weighted by Crippen LogP contribution is 2.24. The smallest absolute Gasteiger partial charge is 0.137 e. The molecular weight excluding hydrogens is 202 g/mol. The molecule has 0 bridgehead atoms. The molecule has 1 unspecified atom stereocenters. The predicted molar refractivity (Wildman–Crippen MR) is 55.8 cm³/mol. The molecule has 0 aromatic heterocycles. The van der Waals surface area contributed by atoms with Gasteiger partial charge in [0.1, 0.15) is 5.75 Å². The van der Waals surface area contributed by atoms with Gasteiger partial charge in [-0.3, -0.25) is 4.21 Å². The average Bonchev–Trinajstić information content (AvgIpc) is 2.17. The lowest BCUT2D eigenvalue weighted by Crippen LogP contribution is -2.04. The van der Waals surface area contributed by atoms with Gasteiger partial charge in [0.2, 0.25) is 0 Å². The third kappa shape index (κ3) is 2.46. The highest BCUT2D eigenvalue weighted by atomic mass is 32.2. The van der Waals surface area contributed by atoms with Crippen LogP contribution in [-0.2, 0) is 10.8 Å². The summed E-state index contributed by atoms with van der Waals surface area (Å²) in [5.74, 6) is 0.706. The van der Waals surface area contributed by atoms with Gasteiger partial charge in [-0.15, -0.1) is 0 Å². The largest absolute Gasteiger partial charge is 0.495 e. The Labute approximate surface area is 85.1 Å². The molecule has 0 heterocycles. The third-order valence-electron chi connectivity index (χ3n) is 1.71. The van der Waals surface area contributed by atoms with Crippen LogP contribution in [0.1, 0.15) is 0 Å². The van der Waals surface area contributed by atoms with E-state index in [0.29, 0.717) is 16.3 Å². The summed E-state index contributed by atoms with van der Waals surface area (Å²) in [6.45, 7) is -0.111. The molecule has 3 N–H and O–H groups in total.